The minimum atomic E-state index is 0.894. The van der Waals surface area contributed by atoms with Gasteiger partial charge in [-0.25, -0.2) is 0 Å². The van der Waals surface area contributed by atoms with Gasteiger partial charge < -0.3 is 10.6 Å². The zero-order valence-electron chi connectivity index (χ0n) is 10.1. The first-order valence-corrected chi connectivity index (χ1v) is 7.18. The predicted molar refractivity (Wildman–Crippen MR) is 71.2 cm³/mol. The minimum absolute atomic E-state index is 0.894. The van der Waals surface area contributed by atoms with Crippen molar-refractivity contribution in [1.29, 1.82) is 0 Å². The van der Waals surface area contributed by atoms with Crippen molar-refractivity contribution in [3.63, 3.8) is 0 Å². The molecule has 0 aromatic carbocycles. The molecule has 0 unspecified atom stereocenters. The Morgan fingerprint density at radius 3 is 2.94 bits per heavy atom. The van der Waals surface area contributed by atoms with Crippen molar-refractivity contribution in [3.8, 4) is 0 Å². The summed E-state index contributed by atoms with van der Waals surface area (Å²) in [5.41, 5.74) is 1.45. The van der Waals surface area contributed by atoms with Crippen molar-refractivity contribution in [3.05, 3.63) is 21.9 Å². The van der Waals surface area contributed by atoms with Crippen LogP contribution in [0.3, 0.4) is 0 Å². The number of hydrogen-bond donors (Lipinski definition) is 2. The van der Waals surface area contributed by atoms with Crippen LogP contribution < -0.4 is 10.6 Å². The molecule has 1 saturated heterocycles. The third-order valence-corrected chi connectivity index (χ3v) is 4.47. The van der Waals surface area contributed by atoms with E-state index in [1.807, 2.05) is 11.3 Å². The summed E-state index contributed by atoms with van der Waals surface area (Å²) < 4.78 is 0. The molecule has 0 spiro atoms. The Labute approximate surface area is 102 Å². The van der Waals surface area contributed by atoms with Gasteiger partial charge >= 0.3 is 0 Å². The van der Waals surface area contributed by atoms with Gasteiger partial charge in [0.05, 0.1) is 0 Å². The Bertz CT molecular complexity index is 303. The van der Waals surface area contributed by atoms with E-state index in [1.165, 1.54) is 49.3 Å². The topological polar surface area (TPSA) is 24.1 Å². The molecular formula is C13H22N2S. The van der Waals surface area contributed by atoms with Crippen molar-refractivity contribution in [2.75, 3.05) is 26.2 Å². The molecule has 0 atom stereocenters. The summed E-state index contributed by atoms with van der Waals surface area (Å²) in [4.78, 5) is 1.54. The SMILES string of the molecule is Cc1ccsc1CCNCC1CCNCC1. The monoisotopic (exact) mass is 238 g/mol. The summed E-state index contributed by atoms with van der Waals surface area (Å²) in [5.74, 6) is 0.894. The van der Waals surface area contributed by atoms with Crippen molar-refractivity contribution in [2.24, 2.45) is 5.92 Å². The third-order valence-electron chi connectivity index (χ3n) is 3.39. The molecule has 0 aliphatic carbocycles. The molecule has 0 amide bonds. The zero-order valence-corrected chi connectivity index (χ0v) is 10.9. The highest BCUT2D eigenvalue weighted by Crippen LogP contribution is 2.15. The van der Waals surface area contributed by atoms with E-state index in [4.69, 9.17) is 0 Å². The molecule has 2 heterocycles. The molecule has 2 N–H and O–H groups in total. The Kier molecular flexibility index (Phi) is 4.82. The van der Waals surface area contributed by atoms with Crippen molar-refractivity contribution < 1.29 is 0 Å². The average molecular weight is 238 g/mol. The maximum atomic E-state index is 3.60. The van der Waals surface area contributed by atoms with Gasteiger partial charge in [0.25, 0.3) is 0 Å². The number of rotatable bonds is 5. The van der Waals surface area contributed by atoms with Crippen LogP contribution in [0, 0.1) is 12.8 Å². The summed E-state index contributed by atoms with van der Waals surface area (Å²) in [5, 5.41) is 9.20. The quantitative estimate of drug-likeness (QED) is 0.768. The van der Waals surface area contributed by atoms with Gasteiger partial charge in [0.15, 0.2) is 0 Å². The fraction of sp³-hybridized carbons (Fsp3) is 0.692. The van der Waals surface area contributed by atoms with Crippen molar-refractivity contribution in [2.45, 2.75) is 26.2 Å². The van der Waals surface area contributed by atoms with Crippen molar-refractivity contribution in [1.82, 2.24) is 10.6 Å². The zero-order chi connectivity index (χ0) is 11.2. The van der Waals surface area contributed by atoms with Crippen LogP contribution in [0.4, 0.5) is 0 Å². The fourth-order valence-electron chi connectivity index (χ4n) is 2.25. The lowest BCUT2D eigenvalue weighted by molar-refractivity contribution is 0.358. The molecule has 1 aromatic heterocycles. The van der Waals surface area contributed by atoms with Gasteiger partial charge in [-0.1, -0.05) is 0 Å². The second-order valence-electron chi connectivity index (χ2n) is 4.67. The van der Waals surface area contributed by atoms with E-state index in [-0.39, 0.29) is 0 Å². The maximum Gasteiger partial charge on any atom is 0.00870 e. The van der Waals surface area contributed by atoms with E-state index in [2.05, 4.69) is 29.0 Å². The standard InChI is InChI=1S/C13H22N2S/c1-11-5-9-16-13(11)4-8-15-10-12-2-6-14-7-3-12/h5,9,12,14-15H,2-4,6-8,10H2,1H3. The Morgan fingerprint density at radius 2 is 2.25 bits per heavy atom. The molecule has 1 fully saturated rings. The maximum absolute atomic E-state index is 3.60. The van der Waals surface area contributed by atoms with Gasteiger partial charge in [-0.15, -0.1) is 11.3 Å². The van der Waals surface area contributed by atoms with Crippen LogP contribution in [0.1, 0.15) is 23.3 Å². The average Bonchev–Trinajstić information content (AvgIpc) is 2.72. The summed E-state index contributed by atoms with van der Waals surface area (Å²) in [6.07, 6.45) is 3.87. The van der Waals surface area contributed by atoms with Gasteiger partial charge in [0.2, 0.25) is 0 Å². The first-order valence-electron chi connectivity index (χ1n) is 6.30. The lowest BCUT2D eigenvalue weighted by atomic mass is 9.98. The first-order chi connectivity index (χ1) is 7.86. The van der Waals surface area contributed by atoms with Gasteiger partial charge in [0, 0.05) is 4.88 Å². The smallest absolute Gasteiger partial charge is 0.00870 e. The van der Waals surface area contributed by atoms with Gasteiger partial charge in [-0.05, 0) is 75.3 Å². The Balaban J connectivity index is 1.59. The van der Waals surface area contributed by atoms with E-state index in [0.717, 1.165) is 12.5 Å². The molecule has 3 heteroatoms. The van der Waals surface area contributed by atoms with Gasteiger partial charge in [0.1, 0.15) is 0 Å². The largest absolute Gasteiger partial charge is 0.317 e. The first kappa shape index (κ1) is 12.1. The molecule has 1 aromatic rings. The van der Waals surface area contributed by atoms with Crippen LogP contribution in [0.25, 0.3) is 0 Å². The van der Waals surface area contributed by atoms with Gasteiger partial charge in [-0.2, -0.15) is 0 Å². The second kappa shape index (κ2) is 6.38. The summed E-state index contributed by atoms with van der Waals surface area (Å²) in [6.45, 7) is 6.95. The number of hydrogen-bond acceptors (Lipinski definition) is 3. The van der Waals surface area contributed by atoms with Crippen LogP contribution in [0.5, 0.6) is 0 Å². The van der Waals surface area contributed by atoms with Crippen LogP contribution in [0.15, 0.2) is 11.4 Å². The molecule has 90 valence electrons. The summed E-state index contributed by atoms with van der Waals surface area (Å²) >= 11 is 1.89. The number of aryl methyl sites for hydroxylation is 1. The van der Waals surface area contributed by atoms with Crippen LogP contribution in [0.2, 0.25) is 0 Å². The van der Waals surface area contributed by atoms with E-state index in [9.17, 15) is 0 Å². The molecule has 1 aliphatic heterocycles. The summed E-state index contributed by atoms with van der Waals surface area (Å²) in [6, 6.07) is 2.22. The molecule has 0 saturated carbocycles. The lowest BCUT2D eigenvalue weighted by Crippen LogP contribution is -2.34. The molecule has 1 aliphatic rings. The highest BCUT2D eigenvalue weighted by Gasteiger charge is 2.11. The Hall–Kier alpha value is -0.380. The summed E-state index contributed by atoms with van der Waals surface area (Å²) in [7, 11) is 0. The molecule has 0 bridgehead atoms. The highest BCUT2D eigenvalue weighted by atomic mass is 32.1. The normalized spacial score (nSPS) is 17.8. The Morgan fingerprint density at radius 1 is 1.44 bits per heavy atom. The minimum Gasteiger partial charge on any atom is -0.317 e. The van der Waals surface area contributed by atoms with E-state index < -0.39 is 0 Å². The molecular weight excluding hydrogens is 216 g/mol. The van der Waals surface area contributed by atoms with Crippen LogP contribution >= 0.6 is 11.3 Å². The molecule has 16 heavy (non-hydrogen) atoms. The van der Waals surface area contributed by atoms with E-state index >= 15 is 0 Å². The predicted octanol–water partition coefficient (Wildman–Crippen LogP) is 2.19. The fourth-order valence-corrected chi connectivity index (χ4v) is 3.16. The van der Waals surface area contributed by atoms with Gasteiger partial charge in [-0.3, -0.25) is 0 Å². The third kappa shape index (κ3) is 3.58. The van der Waals surface area contributed by atoms with Crippen LogP contribution in [-0.2, 0) is 6.42 Å². The van der Waals surface area contributed by atoms with Crippen molar-refractivity contribution >= 4 is 11.3 Å². The highest BCUT2D eigenvalue weighted by molar-refractivity contribution is 7.10. The van der Waals surface area contributed by atoms with E-state index in [1.54, 1.807) is 0 Å². The molecule has 2 rings (SSSR count). The second-order valence-corrected chi connectivity index (χ2v) is 5.67. The lowest BCUT2D eigenvalue weighted by Gasteiger charge is -2.22. The van der Waals surface area contributed by atoms with Crippen LogP contribution in [-0.4, -0.2) is 26.2 Å². The number of nitrogens with one attached hydrogen (secondary N) is 2. The number of thiophene rings is 1. The molecule has 2 nitrogen and oxygen atoms in total. The molecule has 0 radical (unpaired) electrons. The number of piperidine rings is 1. The van der Waals surface area contributed by atoms with E-state index in [0.29, 0.717) is 0 Å².